The first-order valence-electron chi connectivity index (χ1n) is 12.1. The normalized spacial score (nSPS) is 15.1. The van der Waals surface area contributed by atoms with Crippen molar-refractivity contribution in [3.8, 4) is 6.07 Å². The molecule has 0 saturated carbocycles. The second-order valence-electron chi connectivity index (χ2n) is 8.81. The van der Waals surface area contributed by atoms with Crippen molar-refractivity contribution in [2.75, 3.05) is 31.3 Å². The molecular formula is C28H38FN5O4. The van der Waals surface area contributed by atoms with E-state index in [4.69, 9.17) is 10.1 Å². The molecule has 1 aliphatic rings. The highest BCUT2D eigenvalue weighted by Crippen LogP contribution is 2.22. The zero-order valence-corrected chi connectivity index (χ0v) is 22.6. The Morgan fingerprint density at radius 3 is 2.03 bits per heavy atom. The molecule has 1 fully saturated rings. The molecule has 2 unspecified atom stereocenters. The predicted octanol–water partition coefficient (Wildman–Crippen LogP) is 3.85. The van der Waals surface area contributed by atoms with Crippen molar-refractivity contribution < 1.29 is 23.6 Å². The number of nitrogens with one attached hydrogen (secondary N) is 3. The Hall–Kier alpha value is -4.26. The van der Waals surface area contributed by atoms with Crippen LogP contribution < -0.4 is 16.0 Å². The van der Waals surface area contributed by atoms with Gasteiger partial charge in [0.25, 0.3) is 0 Å². The van der Waals surface area contributed by atoms with Gasteiger partial charge >= 0.3 is 0 Å². The summed E-state index contributed by atoms with van der Waals surface area (Å²) in [6.45, 7) is 6.66. The van der Waals surface area contributed by atoms with Crippen molar-refractivity contribution in [2.24, 2.45) is 11.8 Å². The van der Waals surface area contributed by atoms with Crippen molar-refractivity contribution in [1.82, 2.24) is 10.2 Å². The Bertz CT molecular complexity index is 1010. The maximum absolute atomic E-state index is 12.8. The van der Waals surface area contributed by atoms with Crippen LogP contribution in [0.5, 0.6) is 0 Å². The predicted molar refractivity (Wildman–Crippen MR) is 147 cm³/mol. The van der Waals surface area contributed by atoms with Gasteiger partial charge in [0.15, 0.2) is 0 Å². The molecule has 9 nitrogen and oxygen atoms in total. The summed E-state index contributed by atoms with van der Waals surface area (Å²) >= 11 is 0. The molecule has 206 valence electrons. The van der Waals surface area contributed by atoms with Crippen molar-refractivity contribution in [3.63, 3.8) is 0 Å². The molecule has 38 heavy (non-hydrogen) atoms. The second-order valence-corrected chi connectivity index (χ2v) is 8.81. The van der Waals surface area contributed by atoms with Crippen LogP contribution in [0.4, 0.5) is 15.8 Å². The summed E-state index contributed by atoms with van der Waals surface area (Å²) in [6.07, 6.45) is 1.21. The number of nitriles is 1. The van der Waals surface area contributed by atoms with E-state index in [1.54, 1.807) is 7.05 Å². The van der Waals surface area contributed by atoms with Crippen LogP contribution in [0.15, 0.2) is 54.6 Å². The Labute approximate surface area is 224 Å². The van der Waals surface area contributed by atoms with Gasteiger partial charge in [-0.15, -0.1) is 0 Å². The lowest BCUT2D eigenvalue weighted by Crippen LogP contribution is -2.37. The lowest BCUT2D eigenvalue weighted by Gasteiger charge is -2.19. The number of carbonyl (C=O) groups excluding carboxylic acids is 4. The van der Waals surface area contributed by atoms with Gasteiger partial charge in [-0.25, -0.2) is 4.39 Å². The van der Waals surface area contributed by atoms with Crippen molar-refractivity contribution in [1.29, 1.82) is 5.26 Å². The summed E-state index contributed by atoms with van der Waals surface area (Å²) in [4.78, 5) is 45.0. The van der Waals surface area contributed by atoms with Crippen LogP contribution >= 0.6 is 0 Å². The first-order valence-corrected chi connectivity index (χ1v) is 12.1. The molecule has 1 saturated heterocycles. The second kappa shape index (κ2) is 19.9. The van der Waals surface area contributed by atoms with E-state index in [0.29, 0.717) is 18.5 Å². The van der Waals surface area contributed by atoms with Crippen LogP contribution in [0.25, 0.3) is 0 Å². The maximum Gasteiger partial charge on any atom is 0.233 e. The molecule has 2 aromatic rings. The Kier molecular flexibility index (Phi) is 17.6. The number of rotatable bonds is 6. The van der Waals surface area contributed by atoms with Crippen LogP contribution in [0.2, 0.25) is 0 Å². The molecule has 0 spiro atoms. The Morgan fingerprint density at radius 1 is 1.05 bits per heavy atom. The zero-order chi connectivity index (χ0) is 28.9. The number of benzene rings is 2. The van der Waals surface area contributed by atoms with E-state index in [1.807, 2.05) is 43.4 Å². The molecule has 0 radical (unpaired) electrons. The quantitative estimate of drug-likeness (QED) is 0.386. The number of amides is 3. The summed E-state index contributed by atoms with van der Waals surface area (Å²) in [5.74, 6) is -1.02. The Balaban J connectivity index is 0.000000696. The molecule has 1 heterocycles. The van der Waals surface area contributed by atoms with Crippen LogP contribution in [0.1, 0.15) is 33.6 Å². The fourth-order valence-electron chi connectivity index (χ4n) is 2.95. The summed E-state index contributed by atoms with van der Waals surface area (Å²) in [5, 5.41) is 16.8. The average Bonchev–Trinajstić information content (AvgIpc) is 3.34. The first-order chi connectivity index (χ1) is 18.1. The molecule has 2 atom stereocenters. The molecule has 0 aliphatic carbocycles. The molecular weight excluding hydrogens is 489 g/mol. The van der Waals surface area contributed by atoms with Gasteiger partial charge in [-0.3, -0.25) is 14.4 Å². The van der Waals surface area contributed by atoms with Gasteiger partial charge in [0, 0.05) is 37.9 Å². The largest absolute Gasteiger partial charge is 0.388 e. The van der Waals surface area contributed by atoms with Gasteiger partial charge in [-0.05, 0) is 48.7 Å². The lowest BCUT2D eigenvalue weighted by atomic mass is 10.1. The third-order valence-corrected chi connectivity index (χ3v) is 4.62. The minimum Gasteiger partial charge on any atom is -0.388 e. The number of likely N-dealkylation sites (tertiary alicyclic amines) is 1. The Morgan fingerprint density at radius 2 is 1.61 bits per heavy atom. The summed E-state index contributed by atoms with van der Waals surface area (Å²) in [7, 11) is 3.47. The fourth-order valence-corrected chi connectivity index (χ4v) is 2.95. The third kappa shape index (κ3) is 15.0. The molecule has 3 N–H and O–H groups in total. The standard InChI is InChI=1S/C15H14FN3O3.C7H9N.C4H10.C2H5NO/c16-11-1-3-12(4-2-11)18-14(21)6-15(22)19-8-10(9-20)5-13(19)7-17;1-8-7-5-3-2-4-6-7;1-4(2)3;1-3-2-4/h1-4,9-10,13H,5-6,8H2,(H,18,21);2-6,8H,1H3;4H,1-3H3;2H,1H3,(H,3,4). The molecule has 1 aliphatic heterocycles. The average molecular weight is 528 g/mol. The van der Waals surface area contributed by atoms with Crippen molar-refractivity contribution >= 4 is 35.9 Å². The van der Waals surface area contributed by atoms with Gasteiger partial charge in [-0.1, -0.05) is 39.0 Å². The molecule has 0 aromatic heterocycles. The van der Waals surface area contributed by atoms with Gasteiger partial charge in [0.05, 0.1) is 6.07 Å². The van der Waals surface area contributed by atoms with Gasteiger partial charge < -0.3 is 25.6 Å². The highest BCUT2D eigenvalue weighted by Gasteiger charge is 2.35. The van der Waals surface area contributed by atoms with Crippen LogP contribution in [0, 0.1) is 29.0 Å². The van der Waals surface area contributed by atoms with Gasteiger partial charge in [-0.2, -0.15) is 5.26 Å². The highest BCUT2D eigenvalue weighted by molar-refractivity contribution is 6.03. The van der Waals surface area contributed by atoms with E-state index in [1.165, 1.54) is 29.2 Å². The monoisotopic (exact) mass is 527 g/mol. The molecule has 3 amide bonds. The van der Waals surface area contributed by atoms with Gasteiger partial charge in [0.1, 0.15) is 24.6 Å². The number of nitrogens with zero attached hydrogens (tertiary/aromatic N) is 2. The number of anilines is 2. The number of halogens is 1. The van der Waals surface area contributed by atoms with Gasteiger partial charge in [0.2, 0.25) is 18.2 Å². The van der Waals surface area contributed by atoms with E-state index in [0.717, 1.165) is 17.9 Å². The summed E-state index contributed by atoms with van der Waals surface area (Å²) in [5.41, 5.74) is 1.54. The smallest absolute Gasteiger partial charge is 0.233 e. The zero-order valence-electron chi connectivity index (χ0n) is 22.6. The molecule has 3 rings (SSSR count). The summed E-state index contributed by atoms with van der Waals surface area (Å²) in [6, 6.07) is 16.5. The number of aldehydes is 1. The molecule has 10 heteroatoms. The molecule has 0 bridgehead atoms. The lowest BCUT2D eigenvalue weighted by molar-refractivity contribution is -0.134. The molecule has 2 aromatic carbocycles. The SMILES string of the molecule is CC(C)C.CNC=O.CNc1ccccc1.N#CC1CC(C=O)CN1C(=O)CC(=O)Nc1ccc(F)cc1. The van der Waals surface area contributed by atoms with E-state index in [-0.39, 0.29) is 12.5 Å². The van der Waals surface area contributed by atoms with Crippen molar-refractivity contribution in [2.45, 2.75) is 39.7 Å². The first kappa shape index (κ1) is 33.7. The van der Waals surface area contributed by atoms with Crippen LogP contribution in [-0.2, 0) is 19.2 Å². The minimum absolute atomic E-state index is 0.157. The highest BCUT2D eigenvalue weighted by atomic mass is 19.1. The summed E-state index contributed by atoms with van der Waals surface area (Å²) < 4.78 is 12.8. The van der Waals surface area contributed by atoms with Crippen LogP contribution in [-0.4, -0.2) is 56.1 Å². The number of para-hydroxylation sites is 1. The van der Waals surface area contributed by atoms with E-state index >= 15 is 0 Å². The van der Waals surface area contributed by atoms with Crippen LogP contribution in [0.3, 0.4) is 0 Å². The van der Waals surface area contributed by atoms with E-state index < -0.39 is 30.1 Å². The van der Waals surface area contributed by atoms with Crippen molar-refractivity contribution in [3.05, 3.63) is 60.4 Å². The van der Waals surface area contributed by atoms with E-state index in [9.17, 15) is 18.8 Å². The fraction of sp³-hybridized carbons (Fsp3) is 0.393. The van der Waals surface area contributed by atoms with E-state index in [2.05, 4.69) is 36.7 Å². The maximum atomic E-state index is 12.8. The minimum atomic E-state index is -0.679. The number of hydrogen-bond donors (Lipinski definition) is 3. The third-order valence-electron chi connectivity index (χ3n) is 4.62. The topological polar surface area (TPSA) is 131 Å². The number of carbonyl (C=O) groups is 4. The number of hydrogen-bond acceptors (Lipinski definition) is 6.